The van der Waals surface area contributed by atoms with E-state index in [9.17, 15) is 14.4 Å². The van der Waals surface area contributed by atoms with Gasteiger partial charge in [-0.3, -0.25) is 14.4 Å². The van der Waals surface area contributed by atoms with Crippen LogP contribution in [0.4, 0.5) is 0 Å². The predicted molar refractivity (Wildman–Crippen MR) is 363 cm³/mol. The molecule has 0 heterocycles. The molecule has 0 N–H and O–H groups in total. The number of unbranched alkanes of at least 4 members (excludes halogenated alkanes) is 62. The molecule has 0 aliphatic heterocycles. The molecule has 0 radical (unpaired) electrons. The fourth-order valence-corrected chi connectivity index (χ4v) is 12.3. The molecule has 1 atom stereocenters. The second kappa shape index (κ2) is 72.9. The molecule has 0 aromatic carbocycles. The zero-order valence-corrected chi connectivity index (χ0v) is 57.0. The van der Waals surface area contributed by atoms with E-state index in [0.29, 0.717) is 19.3 Å². The van der Waals surface area contributed by atoms with Crippen molar-refractivity contribution in [2.75, 3.05) is 13.2 Å². The molecule has 83 heavy (non-hydrogen) atoms. The van der Waals surface area contributed by atoms with Crippen LogP contribution < -0.4 is 0 Å². The predicted octanol–water partition coefficient (Wildman–Crippen LogP) is 26.6. The third kappa shape index (κ3) is 71.1. The van der Waals surface area contributed by atoms with Crippen LogP contribution in [0.2, 0.25) is 0 Å². The lowest BCUT2D eigenvalue weighted by Crippen LogP contribution is -2.30. The average Bonchev–Trinajstić information content (AvgIpc) is 3.49. The first kappa shape index (κ1) is 81.4. The molecule has 0 aliphatic carbocycles. The normalized spacial score (nSPS) is 11.9. The summed E-state index contributed by atoms with van der Waals surface area (Å²) in [5.41, 5.74) is 0. The minimum atomic E-state index is -0.764. The quantitative estimate of drug-likeness (QED) is 0.0343. The maximum absolute atomic E-state index is 13.0. The first-order valence-corrected chi connectivity index (χ1v) is 38.5. The van der Waals surface area contributed by atoms with Gasteiger partial charge in [-0.05, 0) is 19.3 Å². The number of esters is 3. The standard InChI is InChI=1S/C77H150O6/c1-4-7-10-13-16-19-22-25-28-31-33-34-35-36-37-38-39-40-41-42-43-45-46-49-52-55-58-61-64-67-70-76(79)82-73-74(72-81-75(78)69-66-63-60-57-54-51-48-30-27-24-21-18-15-12-9-6-3)83-77(80)71-68-65-62-59-56-53-50-47-44-32-29-26-23-20-17-14-11-8-5-2/h74H,4-73H2,1-3H3. The zero-order chi connectivity index (χ0) is 59.9. The Balaban J connectivity index is 4.15. The lowest BCUT2D eigenvalue weighted by Gasteiger charge is -2.18. The lowest BCUT2D eigenvalue weighted by molar-refractivity contribution is -0.167. The number of ether oxygens (including phenoxy) is 3. The van der Waals surface area contributed by atoms with E-state index in [1.54, 1.807) is 0 Å². The molecule has 0 bridgehead atoms. The van der Waals surface area contributed by atoms with Crippen molar-refractivity contribution in [3.05, 3.63) is 0 Å². The Hall–Kier alpha value is -1.59. The number of hydrogen-bond donors (Lipinski definition) is 0. The fourth-order valence-electron chi connectivity index (χ4n) is 12.3. The van der Waals surface area contributed by atoms with Crippen molar-refractivity contribution < 1.29 is 28.6 Å². The Morgan fingerprint density at radius 1 is 0.193 bits per heavy atom. The van der Waals surface area contributed by atoms with E-state index in [1.807, 2.05) is 0 Å². The van der Waals surface area contributed by atoms with Gasteiger partial charge in [0.25, 0.3) is 0 Å². The monoisotopic (exact) mass is 1170 g/mol. The molecule has 0 aromatic heterocycles. The topological polar surface area (TPSA) is 78.9 Å². The summed E-state index contributed by atoms with van der Waals surface area (Å²) in [4.78, 5) is 38.5. The van der Waals surface area contributed by atoms with Crippen molar-refractivity contribution in [3.8, 4) is 0 Å². The number of rotatable bonds is 73. The van der Waals surface area contributed by atoms with Gasteiger partial charge >= 0.3 is 17.9 Å². The summed E-state index contributed by atoms with van der Waals surface area (Å²) >= 11 is 0. The summed E-state index contributed by atoms with van der Waals surface area (Å²) in [7, 11) is 0. The molecule has 0 saturated heterocycles. The molecule has 0 saturated carbocycles. The first-order valence-electron chi connectivity index (χ1n) is 38.5. The van der Waals surface area contributed by atoms with Crippen molar-refractivity contribution in [1.82, 2.24) is 0 Å². The molecular weight excluding hydrogens is 1020 g/mol. The molecule has 0 rings (SSSR count). The minimum Gasteiger partial charge on any atom is -0.462 e. The molecule has 0 spiro atoms. The zero-order valence-electron chi connectivity index (χ0n) is 57.0. The van der Waals surface area contributed by atoms with E-state index in [2.05, 4.69) is 20.8 Å². The minimum absolute atomic E-state index is 0.0598. The van der Waals surface area contributed by atoms with Crippen LogP contribution in [0.5, 0.6) is 0 Å². The SMILES string of the molecule is CCCCCCCCCCCCCCCCCCCCCCCCCCCCCCCCC(=O)OCC(COC(=O)CCCCCCCCCCCCCCCCCC)OC(=O)CCCCCCCCCCCCCCCCCCCCC. The molecular formula is C77H150O6. The highest BCUT2D eigenvalue weighted by atomic mass is 16.6. The average molecular weight is 1170 g/mol. The van der Waals surface area contributed by atoms with Crippen LogP contribution >= 0.6 is 0 Å². The van der Waals surface area contributed by atoms with Crippen LogP contribution in [0.25, 0.3) is 0 Å². The summed E-state index contributed by atoms with van der Waals surface area (Å²) in [5, 5.41) is 0. The highest BCUT2D eigenvalue weighted by molar-refractivity contribution is 5.71. The van der Waals surface area contributed by atoms with Gasteiger partial charge in [0, 0.05) is 19.3 Å². The van der Waals surface area contributed by atoms with E-state index in [1.165, 1.54) is 360 Å². The van der Waals surface area contributed by atoms with E-state index >= 15 is 0 Å². The molecule has 0 aromatic rings. The Morgan fingerprint density at radius 3 is 0.482 bits per heavy atom. The number of carbonyl (C=O) groups is 3. The van der Waals surface area contributed by atoms with E-state index in [0.717, 1.165) is 57.8 Å². The largest absolute Gasteiger partial charge is 0.462 e. The molecule has 1 unspecified atom stereocenters. The third-order valence-electron chi connectivity index (χ3n) is 18.1. The summed E-state index contributed by atoms with van der Waals surface area (Å²) in [6.45, 7) is 6.76. The summed E-state index contributed by atoms with van der Waals surface area (Å²) < 4.78 is 17.1. The smallest absolute Gasteiger partial charge is 0.306 e. The van der Waals surface area contributed by atoms with Crippen molar-refractivity contribution in [2.24, 2.45) is 0 Å². The Labute approximate surface area is 520 Å². The van der Waals surface area contributed by atoms with Crippen molar-refractivity contribution >= 4 is 17.9 Å². The van der Waals surface area contributed by atoms with Crippen LogP contribution in [-0.2, 0) is 28.6 Å². The van der Waals surface area contributed by atoms with Crippen LogP contribution in [0.15, 0.2) is 0 Å². The van der Waals surface area contributed by atoms with Crippen molar-refractivity contribution in [2.45, 2.75) is 463 Å². The second-order valence-electron chi connectivity index (χ2n) is 26.6. The second-order valence-corrected chi connectivity index (χ2v) is 26.6. The van der Waals surface area contributed by atoms with Gasteiger partial charge in [-0.2, -0.15) is 0 Å². The van der Waals surface area contributed by atoms with Crippen LogP contribution in [0, 0.1) is 0 Å². The van der Waals surface area contributed by atoms with E-state index < -0.39 is 6.10 Å². The highest BCUT2D eigenvalue weighted by Crippen LogP contribution is 2.20. The summed E-state index contributed by atoms with van der Waals surface area (Å²) in [5.74, 6) is -0.815. The Kier molecular flexibility index (Phi) is 71.5. The maximum atomic E-state index is 13.0. The molecule has 0 fully saturated rings. The number of carbonyl (C=O) groups excluding carboxylic acids is 3. The van der Waals surface area contributed by atoms with Crippen molar-refractivity contribution in [1.29, 1.82) is 0 Å². The van der Waals surface area contributed by atoms with E-state index in [4.69, 9.17) is 14.2 Å². The molecule has 6 heteroatoms. The van der Waals surface area contributed by atoms with Gasteiger partial charge in [-0.1, -0.05) is 419 Å². The van der Waals surface area contributed by atoms with Gasteiger partial charge in [0.05, 0.1) is 0 Å². The molecule has 0 aliphatic rings. The van der Waals surface area contributed by atoms with Crippen LogP contribution in [0.3, 0.4) is 0 Å². The maximum Gasteiger partial charge on any atom is 0.306 e. The van der Waals surface area contributed by atoms with Gasteiger partial charge in [0.15, 0.2) is 6.10 Å². The molecule has 6 nitrogen and oxygen atoms in total. The molecule has 0 amide bonds. The van der Waals surface area contributed by atoms with Crippen molar-refractivity contribution in [3.63, 3.8) is 0 Å². The lowest BCUT2D eigenvalue weighted by atomic mass is 10.0. The van der Waals surface area contributed by atoms with Gasteiger partial charge in [-0.15, -0.1) is 0 Å². The van der Waals surface area contributed by atoms with Gasteiger partial charge in [0.2, 0.25) is 0 Å². The van der Waals surface area contributed by atoms with Gasteiger partial charge in [0.1, 0.15) is 13.2 Å². The van der Waals surface area contributed by atoms with Gasteiger partial charge in [-0.25, -0.2) is 0 Å². The van der Waals surface area contributed by atoms with E-state index in [-0.39, 0.29) is 31.1 Å². The third-order valence-corrected chi connectivity index (χ3v) is 18.1. The first-order chi connectivity index (χ1) is 41.0. The summed E-state index contributed by atoms with van der Waals surface area (Å²) in [6, 6.07) is 0. The highest BCUT2D eigenvalue weighted by Gasteiger charge is 2.20. The molecule has 494 valence electrons. The Bertz CT molecular complexity index is 1250. The number of hydrogen-bond acceptors (Lipinski definition) is 6. The Morgan fingerprint density at radius 2 is 0.325 bits per heavy atom. The van der Waals surface area contributed by atoms with Crippen LogP contribution in [0.1, 0.15) is 457 Å². The van der Waals surface area contributed by atoms with Crippen LogP contribution in [-0.4, -0.2) is 37.2 Å². The van der Waals surface area contributed by atoms with Gasteiger partial charge < -0.3 is 14.2 Å². The summed E-state index contributed by atoms with van der Waals surface area (Å²) in [6.07, 6.45) is 87.3. The fraction of sp³-hybridized carbons (Fsp3) is 0.961.